The average Bonchev–Trinajstić information content (AvgIpc) is 2.44. The van der Waals surface area contributed by atoms with Crippen molar-refractivity contribution in [1.29, 1.82) is 0 Å². The van der Waals surface area contributed by atoms with Gasteiger partial charge in [0.15, 0.2) is 0 Å². The van der Waals surface area contributed by atoms with Crippen LogP contribution >= 0.6 is 0 Å². The molecule has 18 heavy (non-hydrogen) atoms. The van der Waals surface area contributed by atoms with Crippen molar-refractivity contribution >= 4 is 5.57 Å². The van der Waals surface area contributed by atoms with E-state index in [1.807, 2.05) is 52.8 Å². The summed E-state index contributed by atoms with van der Waals surface area (Å²) in [7, 11) is 0. The van der Waals surface area contributed by atoms with Gasteiger partial charge in [-0.2, -0.15) is 0 Å². The van der Waals surface area contributed by atoms with Crippen molar-refractivity contribution in [3.63, 3.8) is 0 Å². The molecule has 0 aromatic heterocycles. The van der Waals surface area contributed by atoms with Gasteiger partial charge in [0, 0.05) is 0 Å². The van der Waals surface area contributed by atoms with Crippen LogP contribution in [0.3, 0.4) is 0 Å². The maximum atomic E-state index is 3.82. The summed E-state index contributed by atoms with van der Waals surface area (Å²) in [6.07, 6.45) is 8.00. The molecule has 0 aliphatic rings. The Morgan fingerprint density at radius 3 is 2.17 bits per heavy atom. The topological polar surface area (TPSA) is 0 Å². The summed E-state index contributed by atoms with van der Waals surface area (Å²) in [5.41, 5.74) is 3.65. The Morgan fingerprint density at radius 1 is 1.11 bits per heavy atom. The molecule has 0 bridgehead atoms. The van der Waals surface area contributed by atoms with E-state index in [9.17, 15) is 0 Å². The SMILES string of the molecule is C=C/C(=C\C=C/C)c1cccc(C)c1.CC.CC. The molecule has 0 amide bonds. The quantitative estimate of drug-likeness (QED) is 0.556. The third-order valence-electron chi connectivity index (χ3n) is 2.04. The lowest BCUT2D eigenvalue weighted by molar-refractivity contribution is 1.45. The Bertz CT molecular complexity index is 367. The highest BCUT2D eigenvalue weighted by atomic mass is 14.0. The second-order valence-electron chi connectivity index (χ2n) is 3.22. The van der Waals surface area contributed by atoms with Gasteiger partial charge in [-0.25, -0.2) is 0 Å². The van der Waals surface area contributed by atoms with Gasteiger partial charge in [0.05, 0.1) is 0 Å². The molecule has 0 aliphatic carbocycles. The van der Waals surface area contributed by atoms with Gasteiger partial charge in [0.1, 0.15) is 0 Å². The molecule has 100 valence electrons. The predicted molar refractivity (Wildman–Crippen MR) is 86.9 cm³/mol. The van der Waals surface area contributed by atoms with Crippen LogP contribution in [0.4, 0.5) is 0 Å². The maximum Gasteiger partial charge on any atom is -0.0182 e. The lowest BCUT2D eigenvalue weighted by Crippen LogP contribution is -1.81. The van der Waals surface area contributed by atoms with Crippen LogP contribution in [0.1, 0.15) is 45.7 Å². The summed E-state index contributed by atoms with van der Waals surface area (Å²) in [6, 6.07) is 8.43. The van der Waals surface area contributed by atoms with E-state index in [0.29, 0.717) is 0 Å². The van der Waals surface area contributed by atoms with Crippen LogP contribution in [-0.2, 0) is 0 Å². The minimum Gasteiger partial charge on any atom is -0.0984 e. The maximum absolute atomic E-state index is 3.82. The molecule has 0 nitrogen and oxygen atoms in total. The summed E-state index contributed by atoms with van der Waals surface area (Å²) in [6.45, 7) is 15.9. The molecule has 0 saturated carbocycles. The zero-order valence-electron chi connectivity index (χ0n) is 12.8. The highest BCUT2D eigenvalue weighted by Crippen LogP contribution is 2.16. The Morgan fingerprint density at radius 2 is 1.72 bits per heavy atom. The molecule has 0 radical (unpaired) electrons. The average molecular weight is 244 g/mol. The van der Waals surface area contributed by atoms with Crippen molar-refractivity contribution in [3.05, 3.63) is 66.3 Å². The summed E-state index contributed by atoms with van der Waals surface area (Å²) in [4.78, 5) is 0. The van der Waals surface area contributed by atoms with Crippen LogP contribution in [0.15, 0.2) is 55.1 Å². The molecule has 0 atom stereocenters. The van der Waals surface area contributed by atoms with Gasteiger partial charge in [-0.3, -0.25) is 0 Å². The number of aryl methyl sites for hydroxylation is 1. The third kappa shape index (κ3) is 7.67. The minimum absolute atomic E-state index is 1.16. The van der Waals surface area contributed by atoms with E-state index < -0.39 is 0 Å². The highest BCUT2D eigenvalue weighted by Gasteiger charge is 1.95. The van der Waals surface area contributed by atoms with Gasteiger partial charge in [0.2, 0.25) is 0 Å². The zero-order valence-corrected chi connectivity index (χ0v) is 12.8. The Labute approximate surface area is 114 Å². The fourth-order valence-electron chi connectivity index (χ4n) is 1.31. The van der Waals surface area contributed by atoms with E-state index in [-0.39, 0.29) is 0 Å². The van der Waals surface area contributed by atoms with Gasteiger partial charge in [0.25, 0.3) is 0 Å². The normalized spacial score (nSPS) is 10.0. The molecule has 1 aromatic carbocycles. The van der Waals surface area contributed by atoms with E-state index in [2.05, 4.69) is 43.8 Å². The first-order valence-electron chi connectivity index (χ1n) is 6.80. The number of hydrogen-bond acceptors (Lipinski definition) is 0. The third-order valence-corrected chi connectivity index (χ3v) is 2.04. The molecule has 0 saturated heterocycles. The molecule has 0 heteroatoms. The number of hydrogen-bond donors (Lipinski definition) is 0. The van der Waals surface area contributed by atoms with E-state index in [4.69, 9.17) is 0 Å². The van der Waals surface area contributed by atoms with Crippen molar-refractivity contribution < 1.29 is 0 Å². The molecule has 0 aliphatic heterocycles. The lowest BCUT2D eigenvalue weighted by atomic mass is 10.0. The first kappa shape index (κ1) is 18.8. The first-order chi connectivity index (χ1) is 8.77. The molecule has 0 fully saturated rings. The number of allylic oxidation sites excluding steroid dienone is 5. The van der Waals surface area contributed by atoms with Crippen molar-refractivity contribution in [3.8, 4) is 0 Å². The monoisotopic (exact) mass is 244 g/mol. The van der Waals surface area contributed by atoms with E-state index in [1.165, 1.54) is 11.1 Å². The number of rotatable bonds is 3. The second-order valence-corrected chi connectivity index (χ2v) is 3.22. The zero-order chi connectivity index (χ0) is 14.4. The molecule has 1 aromatic rings. The molecule has 0 N–H and O–H groups in total. The Kier molecular flexibility index (Phi) is 14.1. The molecular weight excluding hydrogens is 216 g/mol. The molecule has 0 spiro atoms. The van der Waals surface area contributed by atoms with Crippen LogP contribution in [0.5, 0.6) is 0 Å². The molecule has 1 rings (SSSR count). The van der Waals surface area contributed by atoms with Gasteiger partial charge in [-0.1, -0.05) is 88.4 Å². The van der Waals surface area contributed by atoms with E-state index in [0.717, 1.165) is 5.57 Å². The van der Waals surface area contributed by atoms with Crippen LogP contribution in [0.2, 0.25) is 0 Å². The van der Waals surface area contributed by atoms with Crippen molar-refractivity contribution in [2.24, 2.45) is 0 Å². The van der Waals surface area contributed by atoms with Crippen molar-refractivity contribution in [1.82, 2.24) is 0 Å². The van der Waals surface area contributed by atoms with Crippen LogP contribution < -0.4 is 0 Å². The Hall–Kier alpha value is -1.56. The fourth-order valence-corrected chi connectivity index (χ4v) is 1.31. The summed E-state index contributed by atoms with van der Waals surface area (Å²) in [5.74, 6) is 0. The Balaban J connectivity index is 0. The standard InChI is InChI=1S/C14H16.2C2H6/c1-4-6-9-13(5-2)14-10-7-8-12(3)11-14;2*1-2/h4-11H,2H2,1,3H3;2*1-2H3/b6-4-,13-9+;;. The van der Waals surface area contributed by atoms with Gasteiger partial charge in [-0.15, -0.1) is 0 Å². The van der Waals surface area contributed by atoms with Crippen LogP contribution in [0, 0.1) is 6.92 Å². The lowest BCUT2D eigenvalue weighted by Gasteiger charge is -2.02. The number of benzene rings is 1. The molecular formula is C18H28. The fraction of sp³-hybridized carbons (Fsp3) is 0.333. The van der Waals surface area contributed by atoms with Gasteiger partial charge in [-0.05, 0) is 25.0 Å². The van der Waals surface area contributed by atoms with Crippen LogP contribution in [0.25, 0.3) is 5.57 Å². The van der Waals surface area contributed by atoms with E-state index >= 15 is 0 Å². The first-order valence-corrected chi connectivity index (χ1v) is 6.80. The van der Waals surface area contributed by atoms with Crippen LogP contribution in [-0.4, -0.2) is 0 Å². The van der Waals surface area contributed by atoms with Crippen molar-refractivity contribution in [2.45, 2.75) is 41.5 Å². The molecule has 0 heterocycles. The summed E-state index contributed by atoms with van der Waals surface area (Å²) < 4.78 is 0. The van der Waals surface area contributed by atoms with Gasteiger partial charge >= 0.3 is 0 Å². The van der Waals surface area contributed by atoms with Crippen molar-refractivity contribution in [2.75, 3.05) is 0 Å². The second kappa shape index (κ2) is 13.5. The summed E-state index contributed by atoms with van der Waals surface area (Å²) >= 11 is 0. The summed E-state index contributed by atoms with van der Waals surface area (Å²) in [5, 5.41) is 0. The molecule has 0 unspecified atom stereocenters. The highest BCUT2D eigenvalue weighted by molar-refractivity contribution is 5.74. The minimum atomic E-state index is 1.16. The van der Waals surface area contributed by atoms with Gasteiger partial charge < -0.3 is 0 Å². The smallest absolute Gasteiger partial charge is 0.0182 e. The largest absolute Gasteiger partial charge is 0.0984 e. The predicted octanol–water partition coefficient (Wildman–Crippen LogP) is 6.19. The van der Waals surface area contributed by atoms with E-state index in [1.54, 1.807) is 0 Å².